The molecule has 0 aromatic heterocycles. The Labute approximate surface area is 123 Å². The van der Waals surface area contributed by atoms with Crippen LogP contribution in [0.3, 0.4) is 0 Å². The molecule has 1 saturated carbocycles. The number of ether oxygens (including phenoxy) is 1. The van der Waals surface area contributed by atoms with E-state index in [-0.39, 0.29) is 0 Å². The summed E-state index contributed by atoms with van der Waals surface area (Å²) >= 11 is 0. The first-order valence-electron chi connectivity index (χ1n) is 8.01. The first-order chi connectivity index (χ1) is 9.60. The number of hydrogen-bond donors (Lipinski definition) is 1. The molecule has 2 heteroatoms. The lowest BCUT2D eigenvalue weighted by Crippen LogP contribution is -2.36. The largest absolute Gasteiger partial charge is 0.494 e. The van der Waals surface area contributed by atoms with Gasteiger partial charge in [0, 0.05) is 11.6 Å². The highest BCUT2D eigenvalue weighted by molar-refractivity contribution is 5.40. The first kappa shape index (κ1) is 15.4. The Balaban J connectivity index is 2.37. The summed E-state index contributed by atoms with van der Waals surface area (Å²) in [5.41, 5.74) is 2.98. The zero-order valence-electron chi connectivity index (χ0n) is 13.5. The summed E-state index contributed by atoms with van der Waals surface area (Å²) in [4.78, 5) is 0. The molecule has 0 radical (unpaired) electrons. The summed E-state index contributed by atoms with van der Waals surface area (Å²) in [6.45, 7) is 7.38. The molecule has 112 valence electrons. The molecule has 1 fully saturated rings. The Bertz CT molecular complexity index is 435. The van der Waals surface area contributed by atoms with E-state index >= 15 is 0 Å². The Kier molecular flexibility index (Phi) is 5.09. The van der Waals surface area contributed by atoms with Crippen molar-refractivity contribution in [2.24, 2.45) is 5.41 Å². The maximum atomic E-state index is 5.87. The molecule has 20 heavy (non-hydrogen) atoms. The van der Waals surface area contributed by atoms with Crippen LogP contribution < -0.4 is 10.1 Å². The van der Waals surface area contributed by atoms with E-state index in [4.69, 9.17) is 4.74 Å². The molecular weight excluding hydrogens is 246 g/mol. The lowest BCUT2D eigenvalue weighted by Gasteiger charge is -2.41. The van der Waals surface area contributed by atoms with Crippen molar-refractivity contribution < 1.29 is 4.74 Å². The monoisotopic (exact) mass is 275 g/mol. The molecule has 0 amide bonds. The van der Waals surface area contributed by atoms with Crippen LogP contribution in [0.2, 0.25) is 0 Å². The predicted octanol–water partition coefficient (Wildman–Crippen LogP) is 4.62. The zero-order chi connectivity index (χ0) is 14.6. The maximum Gasteiger partial charge on any atom is 0.124 e. The van der Waals surface area contributed by atoms with Crippen molar-refractivity contribution in [3.8, 4) is 5.75 Å². The van der Waals surface area contributed by atoms with Gasteiger partial charge in [0.1, 0.15) is 5.75 Å². The molecule has 1 aromatic carbocycles. The van der Waals surface area contributed by atoms with E-state index in [0.717, 1.165) is 12.4 Å². The summed E-state index contributed by atoms with van der Waals surface area (Å²) in [5, 5.41) is 3.57. The molecule has 1 unspecified atom stereocenters. The number of hydrogen-bond acceptors (Lipinski definition) is 2. The highest BCUT2D eigenvalue weighted by Gasteiger charge is 2.36. The van der Waals surface area contributed by atoms with Crippen LogP contribution in [0.5, 0.6) is 5.75 Å². The molecule has 1 atom stereocenters. The smallest absolute Gasteiger partial charge is 0.124 e. The number of benzene rings is 1. The molecule has 0 aliphatic heterocycles. The number of rotatable bonds is 5. The van der Waals surface area contributed by atoms with Crippen molar-refractivity contribution in [3.05, 3.63) is 29.3 Å². The minimum atomic E-state index is 0.340. The quantitative estimate of drug-likeness (QED) is 0.846. The summed E-state index contributed by atoms with van der Waals surface area (Å²) in [7, 11) is 2.09. The van der Waals surface area contributed by atoms with Gasteiger partial charge in [-0.2, -0.15) is 0 Å². The third-order valence-electron chi connectivity index (χ3n) is 4.76. The summed E-state index contributed by atoms with van der Waals surface area (Å²) in [6.07, 6.45) is 6.70. The lowest BCUT2D eigenvalue weighted by molar-refractivity contribution is 0.147. The van der Waals surface area contributed by atoms with Gasteiger partial charge in [-0.25, -0.2) is 0 Å². The van der Waals surface area contributed by atoms with Crippen molar-refractivity contribution in [2.45, 2.75) is 58.9 Å². The van der Waals surface area contributed by atoms with Gasteiger partial charge < -0.3 is 10.1 Å². The van der Waals surface area contributed by atoms with Gasteiger partial charge in [0.05, 0.1) is 6.61 Å². The van der Waals surface area contributed by atoms with E-state index < -0.39 is 0 Å². The topological polar surface area (TPSA) is 21.3 Å². The third-order valence-corrected chi connectivity index (χ3v) is 4.76. The molecule has 0 saturated heterocycles. The first-order valence-corrected chi connectivity index (χ1v) is 8.01. The van der Waals surface area contributed by atoms with Gasteiger partial charge in [-0.1, -0.05) is 43.9 Å². The lowest BCUT2D eigenvalue weighted by atomic mass is 9.68. The van der Waals surface area contributed by atoms with Crippen LogP contribution in [-0.4, -0.2) is 13.7 Å². The Morgan fingerprint density at radius 1 is 1.25 bits per heavy atom. The average Bonchev–Trinajstić information content (AvgIpc) is 2.43. The van der Waals surface area contributed by atoms with Crippen LogP contribution >= 0.6 is 0 Å². The summed E-state index contributed by atoms with van der Waals surface area (Å²) in [6, 6.07) is 6.95. The molecule has 0 heterocycles. The van der Waals surface area contributed by atoms with Crippen LogP contribution in [-0.2, 0) is 0 Å². The fraction of sp³-hybridized carbons (Fsp3) is 0.667. The van der Waals surface area contributed by atoms with E-state index in [1.165, 1.54) is 43.2 Å². The van der Waals surface area contributed by atoms with Crippen molar-refractivity contribution in [2.75, 3.05) is 13.7 Å². The maximum absolute atomic E-state index is 5.87. The normalized spacial score (nSPS) is 19.6. The molecule has 0 bridgehead atoms. The van der Waals surface area contributed by atoms with Crippen molar-refractivity contribution in [3.63, 3.8) is 0 Å². The standard InChI is InChI=1S/C18H29NO/c1-5-20-16-10-9-14(2)13-15(16)17(19-4)18(3)11-7-6-8-12-18/h9-10,13,17,19H,5-8,11-12H2,1-4H3. The van der Waals surface area contributed by atoms with Crippen LogP contribution in [0.15, 0.2) is 18.2 Å². The fourth-order valence-electron chi connectivity index (χ4n) is 3.71. The fourth-order valence-corrected chi connectivity index (χ4v) is 3.71. The second-order valence-corrected chi connectivity index (χ2v) is 6.41. The number of aryl methyl sites for hydroxylation is 1. The van der Waals surface area contributed by atoms with Gasteiger partial charge in [0.15, 0.2) is 0 Å². The second-order valence-electron chi connectivity index (χ2n) is 6.41. The Hall–Kier alpha value is -1.02. The summed E-state index contributed by atoms with van der Waals surface area (Å²) in [5.74, 6) is 1.05. The van der Waals surface area contributed by atoms with Crippen LogP contribution in [0.25, 0.3) is 0 Å². The molecule has 1 aromatic rings. The van der Waals surface area contributed by atoms with E-state index in [0.29, 0.717) is 11.5 Å². The average molecular weight is 275 g/mol. The molecule has 1 N–H and O–H groups in total. The molecule has 1 aliphatic carbocycles. The predicted molar refractivity (Wildman–Crippen MR) is 85.3 cm³/mol. The third kappa shape index (κ3) is 3.17. The highest BCUT2D eigenvalue weighted by Crippen LogP contribution is 2.47. The van der Waals surface area contributed by atoms with Gasteiger partial charge in [-0.3, -0.25) is 0 Å². The molecule has 1 aliphatic rings. The van der Waals surface area contributed by atoms with Gasteiger partial charge >= 0.3 is 0 Å². The summed E-state index contributed by atoms with van der Waals surface area (Å²) < 4.78 is 5.87. The van der Waals surface area contributed by atoms with E-state index in [1.54, 1.807) is 0 Å². The SMILES string of the molecule is CCOc1ccc(C)cc1C(NC)C1(C)CCCCC1. The molecule has 2 rings (SSSR count). The minimum Gasteiger partial charge on any atom is -0.494 e. The van der Waals surface area contributed by atoms with Crippen molar-refractivity contribution in [1.29, 1.82) is 0 Å². The Morgan fingerprint density at radius 2 is 1.95 bits per heavy atom. The molecule has 0 spiro atoms. The van der Waals surface area contributed by atoms with E-state index in [9.17, 15) is 0 Å². The van der Waals surface area contributed by atoms with E-state index in [2.05, 4.69) is 51.3 Å². The van der Waals surface area contributed by atoms with Gasteiger partial charge in [0.25, 0.3) is 0 Å². The van der Waals surface area contributed by atoms with Crippen LogP contribution in [0.4, 0.5) is 0 Å². The zero-order valence-corrected chi connectivity index (χ0v) is 13.5. The van der Waals surface area contributed by atoms with Gasteiger partial charge in [0.2, 0.25) is 0 Å². The minimum absolute atomic E-state index is 0.340. The van der Waals surface area contributed by atoms with Gasteiger partial charge in [-0.15, -0.1) is 0 Å². The molecular formula is C18H29NO. The second kappa shape index (κ2) is 6.62. The molecule has 2 nitrogen and oxygen atoms in total. The Morgan fingerprint density at radius 3 is 2.55 bits per heavy atom. The van der Waals surface area contributed by atoms with Crippen LogP contribution in [0.1, 0.15) is 63.1 Å². The number of nitrogens with one attached hydrogen (secondary N) is 1. The van der Waals surface area contributed by atoms with Crippen molar-refractivity contribution in [1.82, 2.24) is 5.32 Å². The van der Waals surface area contributed by atoms with E-state index in [1.807, 2.05) is 0 Å². The van der Waals surface area contributed by atoms with Gasteiger partial charge in [-0.05, 0) is 45.2 Å². The van der Waals surface area contributed by atoms with Crippen molar-refractivity contribution >= 4 is 0 Å². The highest BCUT2D eigenvalue weighted by atomic mass is 16.5. The van der Waals surface area contributed by atoms with Crippen LogP contribution in [0, 0.1) is 12.3 Å².